The van der Waals surface area contributed by atoms with Crippen molar-refractivity contribution in [1.82, 2.24) is 25.7 Å². The first kappa shape index (κ1) is 20.5. The number of fused-ring (bicyclic) bond motifs is 1. The van der Waals surface area contributed by atoms with Crippen molar-refractivity contribution in [1.29, 1.82) is 0 Å². The lowest BCUT2D eigenvalue weighted by atomic mass is 10.2. The third-order valence-corrected chi connectivity index (χ3v) is 4.86. The molecule has 4 aromatic rings. The van der Waals surface area contributed by atoms with Crippen molar-refractivity contribution in [3.63, 3.8) is 0 Å². The molecule has 9 heteroatoms. The summed E-state index contributed by atoms with van der Waals surface area (Å²) in [6, 6.07) is 14.1. The second-order valence-corrected chi connectivity index (χ2v) is 7.14. The number of phenolic OH excluding ortho intramolecular Hbond substituents is 1. The third kappa shape index (κ3) is 5.26. The minimum atomic E-state index is -0.181. The second kappa shape index (κ2) is 9.86. The van der Waals surface area contributed by atoms with E-state index in [1.807, 2.05) is 18.2 Å². The Balaban J connectivity index is 1.14. The Labute approximate surface area is 178 Å². The van der Waals surface area contributed by atoms with Gasteiger partial charge in [0.05, 0.1) is 5.39 Å². The molecule has 31 heavy (non-hydrogen) atoms. The molecule has 0 saturated carbocycles. The molecule has 0 spiro atoms. The molecule has 0 amide bonds. The van der Waals surface area contributed by atoms with Crippen LogP contribution in [0.5, 0.6) is 5.75 Å². The molecule has 2 heterocycles. The van der Waals surface area contributed by atoms with Gasteiger partial charge in [0.15, 0.2) is 5.82 Å². The first-order chi connectivity index (χ1) is 15.2. The summed E-state index contributed by atoms with van der Waals surface area (Å²) in [5, 5.41) is 28.1. The van der Waals surface area contributed by atoms with E-state index in [9.17, 15) is 9.90 Å². The number of aryl methyl sites for hydroxylation is 1. The van der Waals surface area contributed by atoms with Crippen LogP contribution < -0.4 is 16.2 Å². The maximum Gasteiger partial charge on any atom is 0.272 e. The van der Waals surface area contributed by atoms with Crippen molar-refractivity contribution >= 4 is 16.6 Å². The van der Waals surface area contributed by atoms with E-state index in [2.05, 4.69) is 31.0 Å². The van der Waals surface area contributed by atoms with Crippen LogP contribution in [0.1, 0.15) is 18.7 Å². The van der Waals surface area contributed by atoms with Gasteiger partial charge in [0.1, 0.15) is 5.75 Å². The summed E-state index contributed by atoms with van der Waals surface area (Å²) in [4.78, 5) is 16.2. The lowest BCUT2D eigenvalue weighted by Gasteiger charge is -2.08. The van der Waals surface area contributed by atoms with E-state index in [-0.39, 0.29) is 11.3 Å². The summed E-state index contributed by atoms with van der Waals surface area (Å²) in [5.41, 5.74) is 0.627. The molecule has 0 aliphatic carbocycles. The minimum Gasteiger partial charge on any atom is -0.508 e. The molecule has 2 aromatic carbocycles. The minimum absolute atomic E-state index is 0.181. The van der Waals surface area contributed by atoms with Gasteiger partial charge in [0, 0.05) is 23.9 Å². The predicted octanol–water partition coefficient (Wildman–Crippen LogP) is 2.70. The van der Waals surface area contributed by atoms with Crippen molar-refractivity contribution in [2.75, 3.05) is 25.0 Å². The van der Waals surface area contributed by atoms with Gasteiger partial charge in [-0.05, 0) is 56.3 Å². The number of nitrogens with zero attached hydrogens (tertiary/aromatic N) is 3. The highest BCUT2D eigenvalue weighted by atomic mass is 16.5. The molecule has 2 aromatic heterocycles. The van der Waals surface area contributed by atoms with E-state index in [1.165, 1.54) is 0 Å². The lowest BCUT2D eigenvalue weighted by molar-refractivity contribution is 0.375. The first-order valence-electron chi connectivity index (χ1n) is 10.2. The first-order valence-corrected chi connectivity index (χ1v) is 10.2. The van der Waals surface area contributed by atoms with Gasteiger partial charge in [0.25, 0.3) is 5.56 Å². The van der Waals surface area contributed by atoms with Gasteiger partial charge >= 0.3 is 0 Å². The summed E-state index contributed by atoms with van der Waals surface area (Å²) in [6.45, 7) is 2.45. The van der Waals surface area contributed by atoms with Gasteiger partial charge in [-0.3, -0.25) is 4.79 Å². The van der Waals surface area contributed by atoms with E-state index in [0.29, 0.717) is 29.3 Å². The summed E-state index contributed by atoms with van der Waals surface area (Å²) < 4.78 is 5.29. The quantitative estimate of drug-likeness (QED) is 0.288. The normalized spacial score (nSPS) is 11.1. The highest BCUT2D eigenvalue weighted by molar-refractivity contribution is 5.90. The van der Waals surface area contributed by atoms with Crippen molar-refractivity contribution < 1.29 is 9.63 Å². The Morgan fingerprint density at radius 2 is 1.74 bits per heavy atom. The second-order valence-electron chi connectivity index (χ2n) is 7.14. The zero-order valence-electron chi connectivity index (χ0n) is 17.0. The molecule has 0 radical (unpaired) electrons. The predicted molar refractivity (Wildman–Crippen MR) is 118 cm³/mol. The molecule has 0 aliphatic rings. The number of anilines is 1. The largest absolute Gasteiger partial charge is 0.508 e. The molecule has 0 unspecified atom stereocenters. The fourth-order valence-electron chi connectivity index (χ4n) is 3.24. The van der Waals surface area contributed by atoms with Gasteiger partial charge in [0.2, 0.25) is 11.7 Å². The average Bonchev–Trinajstić information content (AvgIpc) is 3.26. The van der Waals surface area contributed by atoms with Crippen molar-refractivity contribution in [2.24, 2.45) is 0 Å². The Bertz CT molecular complexity index is 1190. The maximum atomic E-state index is 11.8. The maximum absolute atomic E-state index is 11.8. The van der Waals surface area contributed by atoms with Crippen LogP contribution in [0.4, 0.5) is 5.82 Å². The van der Waals surface area contributed by atoms with Crippen LogP contribution in [0.2, 0.25) is 0 Å². The smallest absolute Gasteiger partial charge is 0.272 e. The molecule has 0 saturated heterocycles. The third-order valence-electron chi connectivity index (χ3n) is 4.86. The van der Waals surface area contributed by atoms with Gasteiger partial charge in [-0.15, -0.1) is 0 Å². The Morgan fingerprint density at radius 1 is 0.968 bits per heavy atom. The fraction of sp³-hybridized carbons (Fsp3) is 0.273. The van der Waals surface area contributed by atoms with E-state index >= 15 is 0 Å². The van der Waals surface area contributed by atoms with Gasteiger partial charge in [-0.25, -0.2) is 5.10 Å². The summed E-state index contributed by atoms with van der Waals surface area (Å²) in [5.74, 6) is 2.02. The Morgan fingerprint density at radius 3 is 2.58 bits per heavy atom. The number of benzene rings is 2. The number of aromatic amines is 1. The zero-order valence-corrected chi connectivity index (χ0v) is 17.0. The van der Waals surface area contributed by atoms with Crippen molar-refractivity contribution in [3.8, 4) is 17.1 Å². The molecular formula is C22H24N6O3. The van der Waals surface area contributed by atoms with E-state index in [0.717, 1.165) is 43.4 Å². The molecule has 9 nitrogen and oxygen atoms in total. The van der Waals surface area contributed by atoms with Crippen LogP contribution in [0.15, 0.2) is 57.8 Å². The SMILES string of the molecule is O=c1[nH]nc(NCCCNCCCc2nc(-c3ccc(O)cc3)no2)c2ccccc12. The summed E-state index contributed by atoms with van der Waals surface area (Å²) in [6.07, 6.45) is 2.50. The topological polar surface area (TPSA) is 129 Å². The van der Waals surface area contributed by atoms with E-state index in [1.54, 1.807) is 30.3 Å². The lowest BCUT2D eigenvalue weighted by Crippen LogP contribution is -2.20. The Hall–Kier alpha value is -3.72. The fourth-order valence-corrected chi connectivity index (χ4v) is 3.24. The van der Waals surface area contributed by atoms with Gasteiger partial charge < -0.3 is 20.3 Å². The van der Waals surface area contributed by atoms with Crippen LogP contribution in [-0.4, -0.2) is 45.1 Å². The average molecular weight is 420 g/mol. The molecule has 0 atom stereocenters. The molecular weight excluding hydrogens is 396 g/mol. The summed E-state index contributed by atoms with van der Waals surface area (Å²) in [7, 11) is 0. The van der Waals surface area contributed by atoms with Gasteiger partial charge in [-0.1, -0.05) is 23.4 Å². The molecule has 4 N–H and O–H groups in total. The number of nitrogens with one attached hydrogen (secondary N) is 3. The molecule has 4 rings (SSSR count). The molecule has 0 bridgehead atoms. The number of aromatic nitrogens is 4. The van der Waals surface area contributed by atoms with Crippen molar-refractivity contribution in [2.45, 2.75) is 19.3 Å². The standard InChI is InChI=1S/C22H24N6O3/c29-16-10-8-15(9-11-16)20-25-19(31-28-20)7-3-12-23-13-4-14-24-21-17-5-1-2-6-18(17)22(30)27-26-21/h1-2,5-6,8-11,23,29H,3-4,7,12-14H2,(H,24,26)(H,27,30). The van der Waals surface area contributed by atoms with Gasteiger partial charge in [-0.2, -0.15) is 10.1 Å². The van der Waals surface area contributed by atoms with E-state index in [4.69, 9.17) is 4.52 Å². The van der Waals surface area contributed by atoms with E-state index < -0.39 is 0 Å². The number of hydrogen-bond acceptors (Lipinski definition) is 8. The highest BCUT2D eigenvalue weighted by Crippen LogP contribution is 2.19. The Kier molecular flexibility index (Phi) is 6.53. The number of H-pyrrole nitrogens is 1. The number of hydrogen-bond donors (Lipinski definition) is 4. The monoisotopic (exact) mass is 420 g/mol. The van der Waals surface area contributed by atoms with Crippen LogP contribution in [0.3, 0.4) is 0 Å². The number of rotatable bonds is 10. The van der Waals surface area contributed by atoms with Crippen molar-refractivity contribution in [3.05, 3.63) is 64.8 Å². The molecule has 0 fully saturated rings. The zero-order chi connectivity index (χ0) is 21.5. The summed E-state index contributed by atoms with van der Waals surface area (Å²) >= 11 is 0. The van der Waals surface area contributed by atoms with Crippen LogP contribution in [-0.2, 0) is 6.42 Å². The molecule has 0 aliphatic heterocycles. The van der Waals surface area contributed by atoms with Crippen LogP contribution >= 0.6 is 0 Å². The number of phenols is 1. The number of aromatic hydroxyl groups is 1. The van der Waals surface area contributed by atoms with Crippen LogP contribution in [0, 0.1) is 0 Å². The molecule has 160 valence electrons. The highest BCUT2D eigenvalue weighted by Gasteiger charge is 2.08. The van der Waals surface area contributed by atoms with Crippen LogP contribution in [0.25, 0.3) is 22.2 Å².